The SMILES string of the molecule is COc1ccc(C)cc1CC(=O)NC1CCCN(c2ncc3c(n2)CCOC3)C1. The van der Waals surface area contributed by atoms with E-state index in [4.69, 9.17) is 14.5 Å². The first-order chi connectivity index (χ1) is 14.1. The van der Waals surface area contributed by atoms with Crippen molar-refractivity contribution >= 4 is 11.9 Å². The van der Waals surface area contributed by atoms with Crippen LogP contribution in [0.5, 0.6) is 5.75 Å². The molecule has 2 aliphatic heterocycles. The van der Waals surface area contributed by atoms with Gasteiger partial charge in [-0.05, 0) is 25.8 Å². The molecule has 2 aromatic rings. The zero-order valence-electron chi connectivity index (χ0n) is 17.1. The van der Waals surface area contributed by atoms with E-state index in [1.807, 2.05) is 31.3 Å². The molecule has 1 aromatic heterocycles. The first-order valence-corrected chi connectivity index (χ1v) is 10.2. The van der Waals surface area contributed by atoms with E-state index in [0.29, 0.717) is 19.6 Å². The largest absolute Gasteiger partial charge is 0.496 e. The second-order valence-corrected chi connectivity index (χ2v) is 7.79. The monoisotopic (exact) mass is 396 g/mol. The Balaban J connectivity index is 1.39. The summed E-state index contributed by atoms with van der Waals surface area (Å²) in [7, 11) is 1.63. The lowest BCUT2D eigenvalue weighted by atomic mass is 10.0. The number of carbonyl (C=O) groups excluding carboxylic acids is 1. The quantitative estimate of drug-likeness (QED) is 0.835. The van der Waals surface area contributed by atoms with Crippen LogP contribution in [0.1, 0.15) is 35.2 Å². The van der Waals surface area contributed by atoms with Gasteiger partial charge in [0.05, 0.1) is 32.4 Å². The summed E-state index contributed by atoms with van der Waals surface area (Å²) < 4.78 is 10.9. The van der Waals surface area contributed by atoms with Gasteiger partial charge in [-0.1, -0.05) is 17.7 Å². The molecule has 2 aliphatic rings. The lowest BCUT2D eigenvalue weighted by molar-refractivity contribution is -0.121. The molecule has 29 heavy (non-hydrogen) atoms. The maximum atomic E-state index is 12.7. The predicted octanol–water partition coefficient (Wildman–Crippen LogP) is 2.19. The number of piperidine rings is 1. The average Bonchev–Trinajstić information content (AvgIpc) is 2.73. The van der Waals surface area contributed by atoms with Crippen molar-refractivity contribution in [2.24, 2.45) is 0 Å². The maximum absolute atomic E-state index is 12.7. The standard InChI is InChI=1S/C22H28N4O3/c1-15-5-6-20(28-2)16(10-15)11-21(27)24-18-4-3-8-26(13-18)22-23-12-17-14-29-9-7-19(17)25-22/h5-6,10,12,18H,3-4,7-9,11,13-14H2,1-2H3,(H,24,27). The third-order valence-electron chi connectivity index (χ3n) is 5.54. The number of aryl methyl sites for hydroxylation is 1. The van der Waals surface area contributed by atoms with Crippen LogP contribution in [0.2, 0.25) is 0 Å². The molecule has 0 bridgehead atoms. The lowest BCUT2D eigenvalue weighted by Crippen LogP contribution is -2.48. The van der Waals surface area contributed by atoms with Gasteiger partial charge in [0.1, 0.15) is 5.75 Å². The van der Waals surface area contributed by atoms with Crippen LogP contribution in [0, 0.1) is 6.92 Å². The first-order valence-electron chi connectivity index (χ1n) is 10.2. The Kier molecular flexibility index (Phi) is 5.94. The van der Waals surface area contributed by atoms with Crippen LogP contribution in [0.4, 0.5) is 5.95 Å². The lowest BCUT2D eigenvalue weighted by Gasteiger charge is -2.33. The average molecular weight is 396 g/mol. The van der Waals surface area contributed by atoms with Crippen molar-refractivity contribution in [3.8, 4) is 5.75 Å². The minimum absolute atomic E-state index is 0.0178. The molecule has 1 amide bonds. The number of benzene rings is 1. The number of ether oxygens (including phenoxy) is 2. The molecular weight excluding hydrogens is 368 g/mol. The zero-order valence-corrected chi connectivity index (χ0v) is 17.1. The van der Waals surface area contributed by atoms with Crippen molar-refractivity contribution in [3.05, 3.63) is 46.8 Å². The Morgan fingerprint density at radius 1 is 1.41 bits per heavy atom. The molecule has 3 heterocycles. The molecule has 0 aliphatic carbocycles. The van der Waals surface area contributed by atoms with Crippen molar-refractivity contribution in [2.45, 2.75) is 45.3 Å². The number of fused-ring (bicyclic) bond motifs is 1. The number of hydrogen-bond donors (Lipinski definition) is 1. The molecule has 7 heteroatoms. The second-order valence-electron chi connectivity index (χ2n) is 7.79. The summed E-state index contributed by atoms with van der Waals surface area (Å²) >= 11 is 0. The van der Waals surface area contributed by atoms with Crippen molar-refractivity contribution < 1.29 is 14.3 Å². The van der Waals surface area contributed by atoms with Gasteiger partial charge in [-0.25, -0.2) is 9.97 Å². The number of aromatic nitrogens is 2. The summed E-state index contributed by atoms with van der Waals surface area (Å²) in [6.45, 7) is 4.96. The van der Waals surface area contributed by atoms with E-state index in [0.717, 1.165) is 66.4 Å². The van der Waals surface area contributed by atoms with E-state index >= 15 is 0 Å². The summed E-state index contributed by atoms with van der Waals surface area (Å²) in [5.74, 6) is 1.52. The molecule has 1 fully saturated rings. The predicted molar refractivity (Wildman–Crippen MR) is 110 cm³/mol. The van der Waals surface area contributed by atoms with Crippen LogP contribution in [0.15, 0.2) is 24.4 Å². The van der Waals surface area contributed by atoms with Crippen LogP contribution in [-0.2, 0) is 29.0 Å². The first kappa shape index (κ1) is 19.6. The molecular formula is C22H28N4O3. The molecule has 1 saturated heterocycles. The zero-order chi connectivity index (χ0) is 20.2. The number of anilines is 1. The maximum Gasteiger partial charge on any atom is 0.225 e. The highest BCUT2D eigenvalue weighted by Gasteiger charge is 2.24. The van der Waals surface area contributed by atoms with Crippen molar-refractivity contribution in [1.82, 2.24) is 15.3 Å². The molecule has 0 saturated carbocycles. The van der Waals surface area contributed by atoms with Crippen LogP contribution in [0.25, 0.3) is 0 Å². The Morgan fingerprint density at radius 2 is 2.31 bits per heavy atom. The van der Waals surface area contributed by atoms with E-state index < -0.39 is 0 Å². The summed E-state index contributed by atoms with van der Waals surface area (Å²) in [6.07, 6.45) is 4.99. The summed E-state index contributed by atoms with van der Waals surface area (Å²) in [6, 6.07) is 6.01. The van der Waals surface area contributed by atoms with Gasteiger partial charge in [0.15, 0.2) is 0 Å². The van der Waals surface area contributed by atoms with Crippen LogP contribution in [-0.4, -0.2) is 48.7 Å². The Hall–Kier alpha value is -2.67. The van der Waals surface area contributed by atoms with E-state index in [9.17, 15) is 4.79 Å². The minimum Gasteiger partial charge on any atom is -0.496 e. The minimum atomic E-state index is 0.0178. The fraction of sp³-hybridized carbons (Fsp3) is 0.500. The van der Waals surface area contributed by atoms with Gasteiger partial charge < -0.3 is 19.7 Å². The van der Waals surface area contributed by atoms with Crippen molar-refractivity contribution in [2.75, 3.05) is 31.7 Å². The van der Waals surface area contributed by atoms with Crippen LogP contribution in [0.3, 0.4) is 0 Å². The number of rotatable bonds is 5. The molecule has 7 nitrogen and oxygen atoms in total. The Morgan fingerprint density at radius 3 is 3.17 bits per heavy atom. The van der Waals surface area contributed by atoms with Crippen molar-refractivity contribution in [3.63, 3.8) is 0 Å². The third kappa shape index (κ3) is 4.67. The Bertz CT molecular complexity index is 886. The highest BCUT2D eigenvalue weighted by Crippen LogP contribution is 2.22. The van der Waals surface area contributed by atoms with Gasteiger partial charge in [-0.3, -0.25) is 4.79 Å². The number of hydrogen-bond acceptors (Lipinski definition) is 6. The summed E-state index contributed by atoms with van der Waals surface area (Å²) in [4.78, 5) is 24.1. The van der Waals surface area contributed by atoms with E-state index in [1.165, 1.54) is 0 Å². The second kappa shape index (κ2) is 8.78. The van der Waals surface area contributed by atoms with Crippen molar-refractivity contribution in [1.29, 1.82) is 0 Å². The normalized spacial score (nSPS) is 18.8. The summed E-state index contributed by atoms with van der Waals surface area (Å²) in [5, 5.41) is 3.19. The van der Waals surface area contributed by atoms with Gasteiger partial charge in [0.25, 0.3) is 0 Å². The third-order valence-corrected chi connectivity index (χ3v) is 5.54. The molecule has 1 unspecified atom stereocenters. The Labute approximate surface area is 171 Å². The fourth-order valence-corrected chi connectivity index (χ4v) is 4.05. The van der Waals surface area contributed by atoms with Gasteiger partial charge in [0, 0.05) is 42.9 Å². The highest BCUT2D eigenvalue weighted by atomic mass is 16.5. The number of methoxy groups -OCH3 is 1. The molecule has 4 rings (SSSR count). The van der Waals surface area contributed by atoms with Gasteiger partial charge in [-0.2, -0.15) is 0 Å². The van der Waals surface area contributed by atoms with Crippen LogP contribution < -0.4 is 15.0 Å². The molecule has 1 aromatic carbocycles. The molecule has 0 radical (unpaired) electrons. The number of nitrogens with one attached hydrogen (secondary N) is 1. The molecule has 1 atom stereocenters. The number of carbonyl (C=O) groups is 1. The topological polar surface area (TPSA) is 76.6 Å². The number of nitrogens with zero attached hydrogens (tertiary/aromatic N) is 3. The molecule has 1 N–H and O–H groups in total. The fourth-order valence-electron chi connectivity index (χ4n) is 4.05. The van der Waals surface area contributed by atoms with E-state index in [1.54, 1.807) is 7.11 Å². The van der Waals surface area contributed by atoms with Crippen LogP contribution >= 0.6 is 0 Å². The highest BCUT2D eigenvalue weighted by molar-refractivity contribution is 5.79. The van der Waals surface area contributed by atoms with Gasteiger partial charge >= 0.3 is 0 Å². The van der Waals surface area contributed by atoms with Gasteiger partial charge in [0.2, 0.25) is 11.9 Å². The molecule has 154 valence electrons. The smallest absolute Gasteiger partial charge is 0.225 e. The summed E-state index contributed by atoms with van der Waals surface area (Å²) in [5.41, 5.74) is 4.19. The molecule has 0 spiro atoms. The van der Waals surface area contributed by atoms with E-state index in [2.05, 4.69) is 15.2 Å². The van der Waals surface area contributed by atoms with E-state index in [-0.39, 0.29) is 11.9 Å². The van der Waals surface area contributed by atoms with Gasteiger partial charge in [-0.15, -0.1) is 0 Å². The number of amides is 1.